The fourth-order valence-corrected chi connectivity index (χ4v) is 3.44. The molecule has 4 rings (SSSR count). The summed E-state index contributed by atoms with van der Waals surface area (Å²) in [5.74, 6) is 0.691. The molecule has 1 saturated carbocycles. The van der Waals surface area contributed by atoms with Crippen molar-refractivity contribution in [3.8, 4) is 11.4 Å². The van der Waals surface area contributed by atoms with Gasteiger partial charge in [0.05, 0.1) is 23.0 Å². The first-order valence-electron chi connectivity index (χ1n) is 7.71. The number of aromatic nitrogens is 4. The fraction of sp³-hybridized carbons (Fsp3) is 0.353. The van der Waals surface area contributed by atoms with E-state index in [1.165, 1.54) is 37.3 Å². The Morgan fingerprint density at radius 3 is 2.68 bits per heavy atom. The molecule has 0 N–H and O–H groups in total. The van der Waals surface area contributed by atoms with Crippen LogP contribution in [0.4, 0.5) is 4.39 Å². The summed E-state index contributed by atoms with van der Waals surface area (Å²) >= 11 is 0. The molecule has 2 heterocycles. The van der Waals surface area contributed by atoms with Crippen LogP contribution in [0, 0.1) is 12.7 Å². The molecule has 0 spiro atoms. The second-order valence-corrected chi connectivity index (χ2v) is 5.93. The van der Waals surface area contributed by atoms with Gasteiger partial charge in [0.2, 0.25) is 0 Å². The van der Waals surface area contributed by atoms with Gasteiger partial charge in [-0.2, -0.15) is 10.2 Å². The third kappa shape index (κ3) is 2.00. The highest BCUT2D eigenvalue weighted by Gasteiger charge is 2.24. The van der Waals surface area contributed by atoms with E-state index in [4.69, 9.17) is 0 Å². The highest BCUT2D eigenvalue weighted by Crippen LogP contribution is 2.37. The summed E-state index contributed by atoms with van der Waals surface area (Å²) in [4.78, 5) is 0. The normalized spacial score (nSPS) is 15.7. The van der Waals surface area contributed by atoms with Gasteiger partial charge in [-0.25, -0.2) is 8.91 Å². The second-order valence-electron chi connectivity index (χ2n) is 5.93. The molecule has 0 amide bonds. The van der Waals surface area contributed by atoms with E-state index in [9.17, 15) is 4.39 Å². The smallest absolute Gasteiger partial charge is 0.186 e. The minimum Gasteiger partial charge on any atom is -0.211 e. The summed E-state index contributed by atoms with van der Waals surface area (Å²) in [6.45, 7) is 1.94. The zero-order valence-corrected chi connectivity index (χ0v) is 12.5. The van der Waals surface area contributed by atoms with Crippen molar-refractivity contribution in [2.75, 3.05) is 0 Å². The Labute approximate surface area is 128 Å². The van der Waals surface area contributed by atoms with Gasteiger partial charge in [-0.15, -0.1) is 5.10 Å². The van der Waals surface area contributed by atoms with Crippen LogP contribution < -0.4 is 0 Å². The van der Waals surface area contributed by atoms with Crippen LogP contribution in [0.5, 0.6) is 0 Å². The molecule has 0 saturated heterocycles. The maximum Gasteiger partial charge on any atom is 0.186 e. The maximum absolute atomic E-state index is 14.1. The number of benzene rings is 1. The number of halogens is 1. The average Bonchev–Trinajstić information content (AvgIpc) is 3.17. The van der Waals surface area contributed by atoms with Crippen LogP contribution in [0.2, 0.25) is 0 Å². The molecule has 0 unspecified atom stereocenters. The van der Waals surface area contributed by atoms with Crippen molar-refractivity contribution >= 4 is 5.52 Å². The van der Waals surface area contributed by atoms with Crippen LogP contribution in [-0.4, -0.2) is 19.8 Å². The molecule has 1 aliphatic carbocycles. The topological polar surface area (TPSA) is 43.1 Å². The third-order valence-electron chi connectivity index (χ3n) is 4.55. The van der Waals surface area contributed by atoms with Crippen LogP contribution in [0.1, 0.15) is 42.9 Å². The Morgan fingerprint density at radius 1 is 1.14 bits per heavy atom. The predicted molar refractivity (Wildman–Crippen MR) is 82.1 cm³/mol. The number of rotatable bonds is 2. The van der Waals surface area contributed by atoms with Crippen LogP contribution in [0.25, 0.3) is 16.9 Å². The van der Waals surface area contributed by atoms with Crippen molar-refractivity contribution in [3.63, 3.8) is 0 Å². The molecule has 2 aromatic heterocycles. The summed E-state index contributed by atoms with van der Waals surface area (Å²) < 4.78 is 15.8. The van der Waals surface area contributed by atoms with Crippen LogP contribution in [-0.2, 0) is 0 Å². The van der Waals surface area contributed by atoms with Crippen molar-refractivity contribution < 1.29 is 4.39 Å². The molecule has 0 bridgehead atoms. The highest BCUT2D eigenvalue weighted by atomic mass is 19.1. The Bertz CT molecular complexity index is 834. The van der Waals surface area contributed by atoms with E-state index < -0.39 is 0 Å². The first kappa shape index (κ1) is 13.4. The largest absolute Gasteiger partial charge is 0.211 e. The van der Waals surface area contributed by atoms with Crippen molar-refractivity contribution in [1.29, 1.82) is 0 Å². The van der Waals surface area contributed by atoms with E-state index in [0.717, 1.165) is 11.2 Å². The van der Waals surface area contributed by atoms with Crippen LogP contribution in [0.15, 0.2) is 30.5 Å². The molecular formula is C17H17FN4. The van der Waals surface area contributed by atoms with E-state index in [0.29, 0.717) is 17.3 Å². The number of fused-ring (bicyclic) bond motifs is 1. The molecule has 4 nitrogen and oxygen atoms in total. The van der Waals surface area contributed by atoms with E-state index in [1.807, 2.05) is 13.1 Å². The van der Waals surface area contributed by atoms with Gasteiger partial charge in [0.15, 0.2) is 5.82 Å². The number of aryl methyl sites for hydroxylation is 1. The first-order chi connectivity index (χ1) is 10.8. The van der Waals surface area contributed by atoms with Gasteiger partial charge in [-0.1, -0.05) is 25.0 Å². The van der Waals surface area contributed by atoms with Gasteiger partial charge >= 0.3 is 0 Å². The van der Waals surface area contributed by atoms with Crippen molar-refractivity contribution in [2.24, 2.45) is 0 Å². The Hall–Kier alpha value is -2.30. The van der Waals surface area contributed by atoms with Gasteiger partial charge in [-0.3, -0.25) is 0 Å². The van der Waals surface area contributed by atoms with E-state index in [-0.39, 0.29) is 5.82 Å². The molecule has 5 heteroatoms. The fourth-order valence-electron chi connectivity index (χ4n) is 3.44. The molecular weight excluding hydrogens is 279 g/mol. The lowest BCUT2D eigenvalue weighted by atomic mass is 9.99. The van der Waals surface area contributed by atoms with Crippen molar-refractivity contribution in [2.45, 2.75) is 38.5 Å². The molecule has 1 aromatic carbocycles. The van der Waals surface area contributed by atoms with Gasteiger partial charge in [0.1, 0.15) is 5.82 Å². The standard InChI is InChI=1S/C17H17FN4/c1-11-16-14(12-6-2-3-7-12)10-19-22(16)17(21-20-11)13-8-4-5-9-15(13)18/h4-5,8-10,12H,2-3,6-7H2,1H3. The summed E-state index contributed by atoms with van der Waals surface area (Å²) in [7, 11) is 0. The monoisotopic (exact) mass is 296 g/mol. The van der Waals surface area contributed by atoms with Crippen LogP contribution in [0.3, 0.4) is 0 Å². The maximum atomic E-state index is 14.1. The van der Waals surface area contributed by atoms with Gasteiger partial charge in [-0.05, 0) is 37.8 Å². The first-order valence-corrected chi connectivity index (χ1v) is 7.71. The number of hydrogen-bond acceptors (Lipinski definition) is 3. The van der Waals surface area contributed by atoms with Gasteiger partial charge in [0.25, 0.3) is 0 Å². The molecule has 0 radical (unpaired) electrons. The predicted octanol–water partition coefficient (Wildman–Crippen LogP) is 3.90. The molecule has 0 atom stereocenters. The molecule has 0 aliphatic heterocycles. The van der Waals surface area contributed by atoms with Crippen molar-refractivity contribution in [1.82, 2.24) is 19.8 Å². The van der Waals surface area contributed by atoms with Crippen molar-refractivity contribution in [3.05, 3.63) is 47.5 Å². The average molecular weight is 296 g/mol. The lowest BCUT2D eigenvalue weighted by Gasteiger charge is -2.10. The summed E-state index contributed by atoms with van der Waals surface area (Å²) in [6.07, 6.45) is 6.82. The molecule has 112 valence electrons. The Kier molecular flexibility index (Phi) is 3.13. The summed E-state index contributed by atoms with van der Waals surface area (Å²) in [6, 6.07) is 6.62. The lowest BCUT2D eigenvalue weighted by molar-refractivity contribution is 0.628. The molecule has 3 aromatic rings. The Balaban J connectivity index is 1.95. The quantitative estimate of drug-likeness (QED) is 0.720. The molecule has 1 aliphatic rings. The summed E-state index contributed by atoms with van der Waals surface area (Å²) in [5, 5.41) is 12.9. The van der Waals surface area contributed by atoms with E-state index >= 15 is 0 Å². The number of hydrogen-bond donors (Lipinski definition) is 0. The van der Waals surface area contributed by atoms with E-state index in [1.54, 1.807) is 22.7 Å². The van der Waals surface area contributed by atoms with Crippen LogP contribution >= 0.6 is 0 Å². The van der Waals surface area contributed by atoms with Gasteiger partial charge in [0, 0.05) is 5.56 Å². The SMILES string of the molecule is Cc1nnc(-c2ccccc2F)n2ncc(C3CCCC3)c12. The Morgan fingerprint density at radius 2 is 1.91 bits per heavy atom. The molecule has 22 heavy (non-hydrogen) atoms. The number of nitrogens with zero attached hydrogens (tertiary/aromatic N) is 4. The summed E-state index contributed by atoms with van der Waals surface area (Å²) in [5.41, 5.74) is 3.49. The minimum atomic E-state index is -0.306. The minimum absolute atomic E-state index is 0.306. The lowest BCUT2D eigenvalue weighted by Crippen LogP contribution is -2.05. The molecule has 1 fully saturated rings. The second kappa shape index (κ2) is 5.16. The van der Waals surface area contributed by atoms with Gasteiger partial charge < -0.3 is 0 Å². The van der Waals surface area contributed by atoms with E-state index in [2.05, 4.69) is 15.3 Å². The third-order valence-corrected chi connectivity index (χ3v) is 4.55. The zero-order valence-electron chi connectivity index (χ0n) is 12.5. The highest BCUT2D eigenvalue weighted by molar-refractivity contribution is 5.65. The zero-order chi connectivity index (χ0) is 15.1.